The number of nitrogens with zero attached hydrogens (tertiary/aromatic N) is 1. The van der Waals surface area contributed by atoms with Gasteiger partial charge in [-0.25, -0.2) is 13.2 Å². The second kappa shape index (κ2) is 6.93. The molecule has 0 spiro atoms. The average molecular weight is 378 g/mol. The lowest BCUT2D eigenvalue weighted by atomic mass is 10.1. The maximum absolute atomic E-state index is 12.8. The number of carbonyl (C=O) groups excluding carboxylic acids is 1. The second-order valence-electron chi connectivity index (χ2n) is 5.88. The Labute approximate surface area is 150 Å². The molecule has 0 aromatic heterocycles. The molecule has 0 radical (unpaired) electrons. The van der Waals surface area contributed by atoms with Gasteiger partial charge in [0.05, 0.1) is 10.6 Å². The summed E-state index contributed by atoms with van der Waals surface area (Å²) in [5.74, 6) is -1.90. The van der Waals surface area contributed by atoms with Gasteiger partial charge in [0.2, 0.25) is 5.91 Å². The van der Waals surface area contributed by atoms with Gasteiger partial charge >= 0.3 is 5.97 Å². The predicted octanol–water partition coefficient (Wildman–Crippen LogP) is 0.954. The van der Waals surface area contributed by atoms with Crippen LogP contribution in [0.3, 0.4) is 0 Å². The van der Waals surface area contributed by atoms with Crippen molar-refractivity contribution in [3.8, 4) is 0 Å². The number of ether oxygens (including phenoxy) is 1. The van der Waals surface area contributed by atoms with E-state index in [0.29, 0.717) is 11.1 Å². The Bertz CT molecular complexity index is 967. The molecule has 1 aliphatic heterocycles. The van der Waals surface area contributed by atoms with Gasteiger partial charge in [-0.15, -0.1) is 0 Å². The van der Waals surface area contributed by atoms with Crippen LogP contribution in [0.15, 0.2) is 41.3 Å². The number of carbonyl (C=O) groups is 2. The van der Waals surface area contributed by atoms with Crippen LogP contribution in [0.25, 0.3) is 10.8 Å². The molecule has 1 atom stereocenters. The molecule has 1 amide bonds. The molecular weight excluding hydrogens is 360 g/mol. The minimum atomic E-state index is -3.87. The number of hydrogen-bond donors (Lipinski definition) is 2. The second-order valence-corrected chi connectivity index (χ2v) is 7.71. The summed E-state index contributed by atoms with van der Waals surface area (Å²) < 4.78 is 31.4. The van der Waals surface area contributed by atoms with Crippen molar-refractivity contribution in [3.05, 3.63) is 36.4 Å². The summed E-state index contributed by atoms with van der Waals surface area (Å²) in [6.07, 6.45) is 0.0835. The van der Waals surface area contributed by atoms with Gasteiger partial charge in [0.1, 0.15) is 12.6 Å². The first-order valence-electron chi connectivity index (χ1n) is 7.92. The van der Waals surface area contributed by atoms with Gasteiger partial charge in [0.15, 0.2) is 0 Å². The first-order chi connectivity index (χ1) is 12.4. The van der Waals surface area contributed by atoms with E-state index < -0.39 is 34.5 Å². The van der Waals surface area contributed by atoms with E-state index >= 15 is 0 Å². The third-order valence-corrected chi connectivity index (χ3v) is 6.01. The lowest BCUT2D eigenvalue weighted by Crippen LogP contribution is -2.46. The molecule has 138 valence electrons. The summed E-state index contributed by atoms with van der Waals surface area (Å²) in [7, 11) is -2.44. The van der Waals surface area contributed by atoms with E-state index in [1.54, 1.807) is 30.3 Å². The van der Waals surface area contributed by atoms with Gasteiger partial charge in [-0.1, -0.05) is 24.3 Å². The normalized spacial score (nSPS) is 15.8. The zero-order chi connectivity index (χ0) is 18.9. The lowest BCUT2D eigenvalue weighted by molar-refractivity contribution is -0.142. The third-order valence-electron chi connectivity index (χ3n) is 4.21. The highest BCUT2D eigenvalue weighted by molar-refractivity contribution is 7.93. The number of nitrogens with one attached hydrogen (secondary N) is 1. The van der Waals surface area contributed by atoms with E-state index in [-0.39, 0.29) is 17.9 Å². The van der Waals surface area contributed by atoms with Crippen LogP contribution in [0.1, 0.15) is 6.42 Å². The minimum absolute atomic E-state index is 0.0835. The van der Waals surface area contributed by atoms with Crippen LogP contribution in [-0.4, -0.2) is 51.7 Å². The quantitative estimate of drug-likeness (QED) is 0.742. The maximum atomic E-state index is 12.8. The molecule has 9 heteroatoms. The zero-order valence-corrected chi connectivity index (χ0v) is 14.8. The van der Waals surface area contributed by atoms with Crippen LogP contribution >= 0.6 is 0 Å². The van der Waals surface area contributed by atoms with Gasteiger partial charge in [-0.2, -0.15) is 0 Å². The fraction of sp³-hybridized carbons (Fsp3) is 0.294. The molecule has 8 nitrogen and oxygen atoms in total. The van der Waals surface area contributed by atoms with E-state index in [2.05, 4.69) is 5.32 Å². The summed E-state index contributed by atoms with van der Waals surface area (Å²) in [4.78, 5) is 23.7. The zero-order valence-electron chi connectivity index (χ0n) is 14.0. The summed E-state index contributed by atoms with van der Waals surface area (Å²) in [6, 6.07) is 8.94. The van der Waals surface area contributed by atoms with Crippen molar-refractivity contribution in [2.45, 2.75) is 17.4 Å². The number of carboxylic acid groups (broad SMARTS) is 1. The van der Waals surface area contributed by atoms with Crippen molar-refractivity contribution in [2.75, 3.05) is 24.6 Å². The van der Waals surface area contributed by atoms with Crippen LogP contribution < -0.4 is 9.62 Å². The number of benzene rings is 2. The summed E-state index contributed by atoms with van der Waals surface area (Å²) in [6.45, 7) is -0.336. The van der Waals surface area contributed by atoms with Crippen LogP contribution in [0.2, 0.25) is 0 Å². The van der Waals surface area contributed by atoms with Gasteiger partial charge < -0.3 is 15.2 Å². The van der Waals surface area contributed by atoms with Crippen molar-refractivity contribution in [1.82, 2.24) is 5.32 Å². The van der Waals surface area contributed by atoms with E-state index in [1.165, 1.54) is 13.2 Å². The minimum Gasteiger partial charge on any atom is -0.480 e. The van der Waals surface area contributed by atoms with Crippen molar-refractivity contribution < 1.29 is 27.9 Å². The molecule has 2 aromatic rings. The van der Waals surface area contributed by atoms with Crippen molar-refractivity contribution in [3.63, 3.8) is 0 Å². The SMILES string of the molecule is COCCC(NC(=O)CN1c2cccc3cccc(c23)S1(=O)=O)C(=O)O. The van der Waals surface area contributed by atoms with Crippen LogP contribution in [0.5, 0.6) is 0 Å². The molecular formula is C17H18N2O6S. The molecule has 0 saturated heterocycles. The Hall–Kier alpha value is -2.65. The van der Waals surface area contributed by atoms with Gasteiger partial charge in [-0.3, -0.25) is 9.10 Å². The molecule has 3 rings (SSSR count). The number of anilines is 1. The van der Waals surface area contributed by atoms with Crippen LogP contribution in [0, 0.1) is 0 Å². The lowest BCUT2D eigenvalue weighted by Gasteiger charge is -2.20. The number of carboxylic acids is 1. The Balaban J connectivity index is 1.86. The summed E-state index contributed by atoms with van der Waals surface area (Å²) >= 11 is 0. The van der Waals surface area contributed by atoms with Crippen molar-refractivity contribution >= 4 is 38.4 Å². The molecule has 0 bridgehead atoms. The van der Waals surface area contributed by atoms with Gasteiger partial charge in [0.25, 0.3) is 10.0 Å². The molecule has 2 aromatic carbocycles. The highest BCUT2D eigenvalue weighted by atomic mass is 32.2. The van der Waals surface area contributed by atoms with Crippen LogP contribution in [0.4, 0.5) is 5.69 Å². The number of hydrogen-bond acceptors (Lipinski definition) is 5. The number of sulfonamides is 1. The highest BCUT2D eigenvalue weighted by Crippen LogP contribution is 2.41. The first kappa shape index (κ1) is 18.2. The molecule has 1 aliphatic rings. The smallest absolute Gasteiger partial charge is 0.326 e. The molecule has 1 unspecified atom stereocenters. The molecule has 2 N–H and O–H groups in total. The standard InChI is InChI=1S/C17H18N2O6S/c1-25-9-8-12(17(21)22)18-15(20)10-19-13-6-2-4-11-5-3-7-14(16(11)13)26(19,23)24/h2-7,12H,8-10H2,1H3,(H,18,20)(H,21,22). The molecule has 0 fully saturated rings. The summed E-state index contributed by atoms with van der Waals surface area (Å²) in [5, 5.41) is 12.9. The first-order valence-corrected chi connectivity index (χ1v) is 9.36. The molecule has 1 heterocycles. The van der Waals surface area contributed by atoms with E-state index in [4.69, 9.17) is 4.74 Å². The number of amides is 1. The number of aliphatic carboxylic acids is 1. The van der Waals surface area contributed by atoms with Crippen LogP contribution in [-0.2, 0) is 24.3 Å². The molecule has 0 aliphatic carbocycles. The highest BCUT2D eigenvalue weighted by Gasteiger charge is 2.37. The van der Waals surface area contributed by atoms with E-state index in [1.807, 2.05) is 0 Å². The maximum Gasteiger partial charge on any atom is 0.326 e. The van der Waals surface area contributed by atoms with Crippen molar-refractivity contribution in [2.24, 2.45) is 0 Å². The topological polar surface area (TPSA) is 113 Å². The predicted molar refractivity (Wildman–Crippen MR) is 94.5 cm³/mol. The van der Waals surface area contributed by atoms with Gasteiger partial charge in [0, 0.05) is 25.5 Å². The Morgan fingerprint density at radius 2 is 1.92 bits per heavy atom. The Morgan fingerprint density at radius 1 is 1.23 bits per heavy atom. The Kier molecular flexibility index (Phi) is 4.84. The number of rotatable bonds is 7. The summed E-state index contributed by atoms with van der Waals surface area (Å²) in [5.41, 5.74) is 0.414. The monoisotopic (exact) mass is 378 g/mol. The van der Waals surface area contributed by atoms with Gasteiger partial charge in [-0.05, 0) is 17.5 Å². The Morgan fingerprint density at radius 3 is 2.58 bits per heavy atom. The molecule has 0 saturated carbocycles. The molecule has 26 heavy (non-hydrogen) atoms. The fourth-order valence-corrected chi connectivity index (χ4v) is 4.66. The van der Waals surface area contributed by atoms with E-state index in [0.717, 1.165) is 9.69 Å². The van der Waals surface area contributed by atoms with E-state index in [9.17, 15) is 23.1 Å². The largest absolute Gasteiger partial charge is 0.480 e. The number of methoxy groups -OCH3 is 1. The van der Waals surface area contributed by atoms with Crippen molar-refractivity contribution in [1.29, 1.82) is 0 Å². The average Bonchev–Trinajstić information content (AvgIpc) is 2.82. The third kappa shape index (κ3) is 3.11. The fourth-order valence-electron chi connectivity index (χ4n) is 2.99.